The van der Waals surface area contributed by atoms with Crippen LogP contribution >= 0.6 is 0 Å². The Morgan fingerprint density at radius 2 is 1.74 bits per heavy atom. The molecule has 2 aromatic heterocycles. The standard InChI is InChI=1S/C30H34N6O6/c1-30(2,3)42-23(37)15-41-20-11-9-19(10-12-20)29(40)35-21-13-22(26(39)25(21)38)36-17-34-24-27(32-16-33-28(24)36)31-14-18-7-5-4-6-8-18/h4-12,16-17,21-22,25-26,38-39H,13-15H2,1-3H3,(H,35,40)(H,31,32,33)/t21-,22+,25-,26+/m0/s1. The van der Waals surface area contributed by atoms with Crippen molar-refractivity contribution < 1.29 is 29.3 Å². The quantitative estimate of drug-likeness (QED) is 0.219. The number of aliphatic hydroxyl groups excluding tert-OH is 2. The van der Waals surface area contributed by atoms with Crippen molar-refractivity contribution in [1.82, 2.24) is 24.8 Å². The van der Waals surface area contributed by atoms with Crippen LogP contribution in [-0.2, 0) is 16.1 Å². The first-order valence-corrected chi connectivity index (χ1v) is 13.7. The van der Waals surface area contributed by atoms with E-state index in [1.54, 1.807) is 55.9 Å². The number of aliphatic hydroxyl groups is 2. The molecule has 5 rings (SSSR count). The molecule has 4 N–H and O–H groups in total. The van der Waals surface area contributed by atoms with Gasteiger partial charge in [-0.25, -0.2) is 19.7 Å². The topological polar surface area (TPSA) is 161 Å². The number of nitrogens with one attached hydrogen (secondary N) is 2. The van der Waals surface area contributed by atoms with Crippen molar-refractivity contribution >= 4 is 28.9 Å². The van der Waals surface area contributed by atoms with Gasteiger partial charge in [-0.05, 0) is 57.0 Å². The summed E-state index contributed by atoms with van der Waals surface area (Å²) in [7, 11) is 0. The molecule has 2 aromatic carbocycles. The van der Waals surface area contributed by atoms with Crippen molar-refractivity contribution in [3.63, 3.8) is 0 Å². The number of amides is 1. The van der Waals surface area contributed by atoms with Crippen molar-refractivity contribution in [3.8, 4) is 5.75 Å². The Morgan fingerprint density at radius 1 is 1.00 bits per heavy atom. The molecule has 1 aliphatic carbocycles. The third-order valence-corrected chi connectivity index (χ3v) is 6.88. The summed E-state index contributed by atoms with van der Waals surface area (Å²) in [5, 5.41) is 27.8. The van der Waals surface area contributed by atoms with Gasteiger partial charge in [0.25, 0.3) is 5.91 Å². The highest BCUT2D eigenvalue weighted by atomic mass is 16.6. The van der Waals surface area contributed by atoms with Gasteiger partial charge in [0.1, 0.15) is 35.4 Å². The van der Waals surface area contributed by atoms with Crippen LogP contribution in [0.15, 0.2) is 67.3 Å². The second-order valence-corrected chi connectivity index (χ2v) is 11.1. The van der Waals surface area contributed by atoms with Gasteiger partial charge in [0.05, 0.1) is 18.4 Å². The molecule has 0 bridgehead atoms. The molecule has 1 saturated carbocycles. The van der Waals surface area contributed by atoms with Crippen LogP contribution in [0, 0.1) is 0 Å². The third kappa shape index (κ3) is 6.67. The number of rotatable bonds is 9. The summed E-state index contributed by atoms with van der Waals surface area (Å²) < 4.78 is 12.4. The van der Waals surface area contributed by atoms with Gasteiger partial charge in [0.2, 0.25) is 0 Å². The van der Waals surface area contributed by atoms with E-state index >= 15 is 0 Å². The number of aromatic nitrogens is 4. The molecule has 0 aliphatic heterocycles. The molecular formula is C30H34N6O6. The molecule has 0 saturated heterocycles. The number of carbonyl (C=O) groups is 2. The van der Waals surface area contributed by atoms with E-state index in [0.717, 1.165) is 5.56 Å². The molecule has 1 amide bonds. The lowest BCUT2D eigenvalue weighted by molar-refractivity contribution is -0.157. The van der Waals surface area contributed by atoms with Crippen LogP contribution in [0.2, 0.25) is 0 Å². The molecule has 12 nitrogen and oxygen atoms in total. The number of imidazole rings is 1. The van der Waals surface area contributed by atoms with Crippen molar-refractivity contribution in [2.45, 2.75) is 63.6 Å². The van der Waals surface area contributed by atoms with Gasteiger partial charge in [0.15, 0.2) is 18.1 Å². The number of nitrogens with zero attached hydrogens (tertiary/aromatic N) is 4. The lowest BCUT2D eigenvalue weighted by atomic mass is 10.1. The van der Waals surface area contributed by atoms with Gasteiger partial charge in [-0.3, -0.25) is 4.79 Å². The maximum absolute atomic E-state index is 13.0. The Morgan fingerprint density at radius 3 is 2.45 bits per heavy atom. The maximum atomic E-state index is 13.0. The predicted molar refractivity (Wildman–Crippen MR) is 154 cm³/mol. The molecule has 0 radical (unpaired) electrons. The molecule has 2 heterocycles. The minimum atomic E-state index is -1.20. The van der Waals surface area contributed by atoms with Crippen LogP contribution in [0.3, 0.4) is 0 Å². The summed E-state index contributed by atoms with van der Waals surface area (Å²) in [6.45, 7) is 5.61. The van der Waals surface area contributed by atoms with E-state index in [9.17, 15) is 19.8 Å². The van der Waals surface area contributed by atoms with Gasteiger partial charge in [0, 0.05) is 12.1 Å². The first kappa shape index (κ1) is 29.0. The minimum Gasteiger partial charge on any atom is -0.482 e. The zero-order valence-electron chi connectivity index (χ0n) is 23.6. The van der Waals surface area contributed by atoms with Gasteiger partial charge in [-0.2, -0.15) is 0 Å². The van der Waals surface area contributed by atoms with E-state index in [0.29, 0.717) is 34.8 Å². The first-order valence-electron chi connectivity index (χ1n) is 13.7. The van der Waals surface area contributed by atoms with Gasteiger partial charge < -0.3 is 34.9 Å². The molecule has 0 unspecified atom stereocenters. The number of anilines is 1. The number of hydrogen-bond donors (Lipinski definition) is 4. The van der Waals surface area contributed by atoms with Crippen LogP contribution < -0.4 is 15.4 Å². The molecule has 1 aliphatic rings. The molecule has 0 spiro atoms. The minimum absolute atomic E-state index is 0.255. The van der Waals surface area contributed by atoms with Crippen LogP contribution in [0.1, 0.15) is 49.2 Å². The number of benzene rings is 2. The maximum Gasteiger partial charge on any atom is 0.344 e. The molecule has 220 valence electrons. The van der Waals surface area contributed by atoms with E-state index in [2.05, 4.69) is 25.6 Å². The van der Waals surface area contributed by atoms with Crippen LogP contribution in [-0.4, -0.2) is 72.1 Å². The lowest BCUT2D eigenvalue weighted by Crippen LogP contribution is -2.43. The number of fused-ring (bicyclic) bond motifs is 1. The summed E-state index contributed by atoms with van der Waals surface area (Å²) in [4.78, 5) is 38.0. The fourth-order valence-corrected chi connectivity index (χ4v) is 4.90. The van der Waals surface area contributed by atoms with E-state index in [4.69, 9.17) is 9.47 Å². The molecule has 12 heteroatoms. The normalized spacial score (nSPS) is 20.3. The fraction of sp³-hybridized carbons (Fsp3) is 0.367. The first-order chi connectivity index (χ1) is 20.1. The number of carbonyl (C=O) groups excluding carboxylic acids is 2. The summed E-state index contributed by atoms with van der Waals surface area (Å²) in [6.07, 6.45) is 0.880. The highest BCUT2D eigenvalue weighted by Gasteiger charge is 2.44. The van der Waals surface area contributed by atoms with Gasteiger partial charge in [-0.15, -0.1) is 0 Å². The number of hydrogen-bond acceptors (Lipinski definition) is 10. The largest absolute Gasteiger partial charge is 0.482 e. The van der Waals surface area contributed by atoms with E-state index in [-0.39, 0.29) is 13.0 Å². The van der Waals surface area contributed by atoms with Crippen molar-refractivity contribution in [1.29, 1.82) is 0 Å². The van der Waals surface area contributed by atoms with Crippen molar-refractivity contribution in [2.75, 3.05) is 11.9 Å². The number of esters is 1. The smallest absolute Gasteiger partial charge is 0.344 e. The zero-order chi connectivity index (χ0) is 29.9. The summed E-state index contributed by atoms with van der Waals surface area (Å²) in [6, 6.07) is 14.8. The zero-order valence-corrected chi connectivity index (χ0v) is 23.6. The summed E-state index contributed by atoms with van der Waals surface area (Å²) in [5.74, 6) is 0.0414. The summed E-state index contributed by atoms with van der Waals surface area (Å²) in [5.41, 5.74) is 1.85. The average molecular weight is 575 g/mol. The molecule has 4 aromatic rings. The van der Waals surface area contributed by atoms with Crippen LogP contribution in [0.4, 0.5) is 5.82 Å². The molecule has 42 heavy (non-hydrogen) atoms. The highest BCUT2D eigenvalue weighted by Crippen LogP contribution is 2.34. The Labute approximate surface area is 242 Å². The Kier molecular flexibility index (Phi) is 8.36. The fourth-order valence-electron chi connectivity index (χ4n) is 4.90. The highest BCUT2D eigenvalue weighted by molar-refractivity contribution is 5.94. The predicted octanol–water partition coefficient (Wildman–Crippen LogP) is 2.62. The van der Waals surface area contributed by atoms with E-state index < -0.39 is 41.8 Å². The second-order valence-electron chi connectivity index (χ2n) is 11.1. The molecular weight excluding hydrogens is 540 g/mol. The Balaban J connectivity index is 1.21. The Bertz CT molecular complexity index is 1540. The molecule has 1 fully saturated rings. The van der Waals surface area contributed by atoms with Crippen molar-refractivity contribution in [3.05, 3.63) is 78.4 Å². The van der Waals surface area contributed by atoms with Gasteiger partial charge >= 0.3 is 5.97 Å². The lowest BCUT2D eigenvalue weighted by Gasteiger charge is -2.19. The average Bonchev–Trinajstić information content (AvgIpc) is 3.51. The summed E-state index contributed by atoms with van der Waals surface area (Å²) >= 11 is 0. The SMILES string of the molecule is CC(C)(C)OC(=O)COc1ccc(C(=O)N[C@H]2C[C@@H](n3cnc4c(NCc5ccccc5)ncnc43)[C@@H](O)[C@H]2O)cc1. The third-order valence-electron chi connectivity index (χ3n) is 6.88. The monoisotopic (exact) mass is 574 g/mol. The Hall–Kier alpha value is -4.55. The second kappa shape index (κ2) is 12.1. The van der Waals surface area contributed by atoms with E-state index in [1.807, 2.05) is 30.3 Å². The van der Waals surface area contributed by atoms with Crippen LogP contribution in [0.25, 0.3) is 11.2 Å². The van der Waals surface area contributed by atoms with Crippen molar-refractivity contribution in [2.24, 2.45) is 0 Å². The van der Waals surface area contributed by atoms with Gasteiger partial charge in [-0.1, -0.05) is 30.3 Å². The van der Waals surface area contributed by atoms with E-state index in [1.165, 1.54) is 6.33 Å². The number of ether oxygens (including phenoxy) is 2. The van der Waals surface area contributed by atoms with Crippen LogP contribution in [0.5, 0.6) is 5.75 Å². The molecule has 4 atom stereocenters.